The Hall–Kier alpha value is -2.02. The van der Waals surface area contributed by atoms with Crippen molar-refractivity contribution in [2.75, 3.05) is 6.26 Å². The average Bonchev–Trinajstić information content (AvgIpc) is 2.46. The molecule has 0 atom stereocenters. The monoisotopic (exact) mass is 296 g/mol. The fourth-order valence-electron chi connectivity index (χ4n) is 1.61. The predicted molar refractivity (Wildman–Crippen MR) is 71.2 cm³/mol. The van der Waals surface area contributed by atoms with E-state index in [9.17, 15) is 13.6 Å². The van der Waals surface area contributed by atoms with Gasteiger partial charge in [-0.3, -0.25) is 0 Å². The molecule has 0 aliphatic carbocycles. The van der Waals surface area contributed by atoms with Crippen molar-refractivity contribution in [2.45, 2.75) is 11.3 Å². The fourth-order valence-corrected chi connectivity index (χ4v) is 2.01. The number of aromatic nitrogens is 2. The van der Waals surface area contributed by atoms with E-state index in [0.29, 0.717) is 5.56 Å². The Bertz CT molecular complexity index is 633. The van der Waals surface area contributed by atoms with Crippen LogP contribution in [0.15, 0.2) is 35.4 Å². The standard InChI is InChI=1S/C13H10F2N2O2S/c1-20-8-4-2-7(3-5-8)12-16-6-9(13(18)19)10(17-12)11(14)15/h2-6,11H,1H3,(H,18,19). The predicted octanol–water partition coefficient (Wildman–Crippen LogP) is 3.50. The second-order valence-corrected chi connectivity index (χ2v) is 4.71. The molecule has 4 nitrogen and oxygen atoms in total. The summed E-state index contributed by atoms with van der Waals surface area (Å²) in [5.41, 5.74) is -0.789. The summed E-state index contributed by atoms with van der Waals surface area (Å²) in [6.07, 6.45) is -0.134. The molecule has 0 saturated carbocycles. The van der Waals surface area contributed by atoms with Crippen LogP contribution in [0.2, 0.25) is 0 Å². The molecule has 1 N–H and O–H groups in total. The third kappa shape index (κ3) is 2.93. The number of alkyl halides is 2. The Morgan fingerprint density at radius 2 is 1.95 bits per heavy atom. The number of carboxylic acid groups (broad SMARTS) is 1. The number of aromatic carboxylic acids is 1. The molecule has 0 fully saturated rings. The van der Waals surface area contributed by atoms with Crippen molar-refractivity contribution in [1.82, 2.24) is 9.97 Å². The van der Waals surface area contributed by atoms with Gasteiger partial charge in [0.25, 0.3) is 6.43 Å². The van der Waals surface area contributed by atoms with E-state index in [2.05, 4.69) is 9.97 Å². The minimum Gasteiger partial charge on any atom is -0.478 e. The molecule has 1 aromatic heterocycles. The van der Waals surface area contributed by atoms with Crippen LogP contribution in [0.25, 0.3) is 11.4 Å². The molecular formula is C13H10F2N2O2S. The SMILES string of the molecule is CSc1ccc(-c2ncc(C(=O)O)c(C(F)F)n2)cc1. The molecule has 20 heavy (non-hydrogen) atoms. The van der Waals surface area contributed by atoms with Gasteiger partial charge in [0, 0.05) is 16.7 Å². The molecular weight excluding hydrogens is 286 g/mol. The van der Waals surface area contributed by atoms with Crippen LogP contribution < -0.4 is 0 Å². The minimum atomic E-state index is -2.96. The van der Waals surface area contributed by atoms with Gasteiger partial charge in [0.1, 0.15) is 11.3 Å². The Morgan fingerprint density at radius 3 is 2.45 bits per heavy atom. The van der Waals surface area contributed by atoms with Gasteiger partial charge in [-0.1, -0.05) is 12.1 Å². The van der Waals surface area contributed by atoms with Gasteiger partial charge in [-0.05, 0) is 18.4 Å². The molecule has 7 heteroatoms. The molecule has 0 spiro atoms. The Labute approximate surface area is 117 Å². The zero-order valence-electron chi connectivity index (χ0n) is 10.4. The number of thioether (sulfide) groups is 1. The summed E-state index contributed by atoms with van der Waals surface area (Å²) >= 11 is 1.55. The van der Waals surface area contributed by atoms with Gasteiger partial charge in [-0.2, -0.15) is 0 Å². The summed E-state index contributed by atoms with van der Waals surface area (Å²) in [5, 5.41) is 8.83. The lowest BCUT2D eigenvalue weighted by Gasteiger charge is -2.07. The van der Waals surface area contributed by atoms with E-state index in [4.69, 9.17) is 5.11 Å². The highest BCUT2D eigenvalue weighted by molar-refractivity contribution is 7.98. The molecule has 0 amide bonds. The molecule has 104 valence electrons. The van der Waals surface area contributed by atoms with E-state index in [-0.39, 0.29) is 5.82 Å². The van der Waals surface area contributed by atoms with E-state index in [1.807, 2.05) is 18.4 Å². The molecule has 0 unspecified atom stereocenters. The summed E-state index contributed by atoms with van der Waals surface area (Å²) in [7, 11) is 0. The first-order chi connectivity index (χ1) is 9.52. The second kappa shape index (κ2) is 5.96. The molecule has 2 rings (SSSR count). The molecule has 0 saturated heterocycles. The Balaban J connectivity index is 2.47. The average molecular weight is 296 g/mol. The maximum Gasteiger partial charge on any atom is 0.339 e. The van der Waals surface area contributed by atoms with E-state index in [0.717, 1.165) is 11.1 Å². The molecule has 0 aliphatic heterocycles. The normalized spacial score (nSPS) is 10.8. The number of rotatable bonds is 4. The van der Waals surface area contributed by atoms with E-state index < -0.39 is 23.7 Å². The smallest absolute Gasteiger partial charge is 0.339 e. The number of carbonyl (C=O) groups is 1. The van der Waals surface area contributed by atoms with Gasteiger partial charge >= 0.3 is 5.97 Å². The highest BCUT2D eigenvalue weighted by Crippen LogP contribution is 2.25. The first kappa shape index (κ1) is 14.4. The van der Waals surface area contributed by atoms with Gasteiger partial charge in [0.05, 0.1) is 0 Å². The van der Waals surface area contributed by atoms with Crippen LogP contribution in [0.5, 0.6) is 0 Å². The van der Waals surface area contributed by atoms with Crippen molar-refractivity contribution in [3.63, 3.8) is 0 Å². The molecule has 0 bridgehead atoms. The van der Waals surface area contributed by atoms with E-state index >= 15 is 0 Å². The molecule has 1 aromatic carbocycles. The van der Waals surface area contributed by atoms with Crippen molar-refractivity contribution in [3.05, 3.63) is 41.7 Å². The zero-order chi connectivity index (χ0) is 14.7. The van der Waals surface area contributed by atoms with Crippen LogP contribution in [0.4, 0.5) is 8.78 Å². The highest BCUT2D eigenvalue weighted by atomic mass is 32.2. The second-order valence-electron chi connectivity index (χ2n) is 3.83. The summed E-state index contributed by atoms with van der Waals surface area (Å²) in [5.74, 6) is -1.39. The van der Waals surface area contributed by atoms with Crippen LogP contribution in [0.3, 0.4) is 0 Å². The number of halogens is 2. The van der Waals surface area contributed by atoms with Crippen LogP contribution in [-0.2, 0) is 0 Å². The summed E-state index contributed by atoms with van der Waals surface area (Å²) < 4.78 is 25.7. The van der Waals surface area contributed by atoms with Gasteiger partial charge in [-0.15, -0.1) is 11.8 Å². The van der Waals surface area contributed by atoms with Crippen LogP contribution >= 0.6 is 11.8 Å². The topological polar surface area (TPSA) is 63.1 Å². The van der Waals surface area contributed by atoms with E-state index in [1.54, 1.807) is 23.9 Å². The Kier molecular flexibility index (Phi) is 4.29. The number of hydrogen-bond acceptors (Lipinski definition) is 4. The first-order valence-electron chi connectivity index (χ1n) is 5.55. The summed E-state index contributed by atoms with van der Waals surface area (Å²) in [4.78, 5) is 19.4. The summed E-state index contributed by atoms with van der Waals surface area (Å²) in [6, 6.07) is 7.04. The number of benzene rings is 1. The molecule has 2 aromatic rings. The highest BCUT2D eigenvalue weighted by Gasteiger charge is 2.21. The van der Waals surface area contributed by atoms with Crippen LogP contribution in [0.1, 0.15) is 22.5 Å². The van der Waals surface area contributed by atoms with Crippen molar-refractivity contribution < 1.29 is 18.7 Å². The van der Waals surface area contributed by atoms with Crippen LogP contribution in [0, 0.1) is 0 Å². The van der Waals surface area contributed by atoms with Crippen molar-refractivity contribution >= 4 is 17.7 Å². The van der Waals surface area contributed by atoms with Gasteiger partial charge in [0.2, 0.25) is 0 Å². The minimum absolute atomic E-state index is 0.0814. The first-order valence-corrected chi connectivity index (χ1v) is 6.78. The largest absolute Gasteiger partial charge is 0.478 e. The van der Waals surface area contributed by atoms with Crippen LogP contribution in [-0.4, -0.2) is 27.3 Å². The molecule has 1 heterocycles. The maximum atomic E-state index is 12.8. The number of carboxylic acids is 1. The number of hydrogen-bond donors (Lipinski definition) is 1. The third-order valence-corrected chi connectivity index (χ3v) is 3.35. The zero-order valence-corrected chi connectivity index (χ0v) is 11.2. The van der Waals surface area contributed by atoms with Gasteiger partial charge in [0.15, 0.2) is 5.82 Å². The quantitative estimate of drug-likeness (QED) is 0.875. The van der Waals surface area contributed by atoms with Gasteiger partial charge < -0.3 is 5.11 Å². The third-order valence-electron chi connectivity index (χ3n) is 2.60. The Morgan fingerprint density at radius 1 is 1.30 bits per heavy atom. The lowest BCUT2D eigenvalue weighted by molar-refractivity contribution is 0.0681. The van der Waals surface area contributed by atoms with Crippen molar-refractivity contribution in [3.8, 4) is 11.4 Å². The maximum absolute atomic E-state index is 12.8. The summed E-state index contributed by atoms with van der Waals surface area (Å²) in [6.45, 7) is 0. The fraction of sp³-hybridized carbons (Fsp3) is 0.154. The van der Waals surface area contributed by atoms with Crippen molar-refractivity contribution in [1.29, 1.82) is 0 Å². The van der Waals surface area contributed by atoms with Gasteiger partial charge in [-0.25, -0.2) is 23.5 Å². The molecule has 0 aliphatic rings. The number of nitrogens with zero attached hydrogens (tertiary/aromatic N) is 2. The molecule has 0 radical (unpaired) electrons. The van der Waals surface area contributed by atoms with Crippen molar-refractivity contribution in [2.24, 2.45) is 0 Å². The van der Waals surface area contributed by atoms with E-state index in [1.165, 1.54) is 0 Å². The lowest BCUT2D eigenvalue weighted by atomic mass is 10.2. The lowest BCUT2D eigenvalue weighted by Crippen LogP contribution is -2.07.